The molecule has 0 radical (unpaired) electrons. The van der Waals surface area contributed by atoms with E-state index in [1.165, 1.54) is 18.1 Å². The SMILES string of the molecule is CC.CC(=O)N(C)/N=C/C(C)N. The van der Waals surface area contributed by atoms with Crippen LogP contribution in [0.5, 0.6) is 0 Å². The van der Waals surface area contributed by atoms with Gasteiger partial charge in [-0.25, -0.2) is 5.01 Å². The maximum atomic E-state index is 10.5. The van der Waals surface area contributed by atoms with E-state index in [4.69, 9.17) is 5.73 Å². The van der Waals surface area contributed by atoms with Crippen LogP contribution in [0.15, 0.2) is 5.10 Å². The Hall–Kier alpha value is -0.900. The Labute approximate surface area is 74.4 Å². The first-order valence-electron chi connectivity index (χ1n) is 4.08. The molecule has 1 amide bonds. The van der Waals surface area contributed by atoms with Crippen molar-refractivity contribution in [2.75, 3.05) is 7.05 Å². The summed E-state index contributed by atoms with van der Waals surface area (Å²) in [6.45, 7) is 7.23. The van der Waals surface area contributed by atoms with E-state index in [9.17, 15) is 4.79 Å². The molecule has 0 heterocycles. The first kappa shape index (κ1) is 13.7. The molecule has 1 unspecified atom stereocenters. The van der Waals surface area contributed by atoms with Gasteiger partial charge in [0.2, 0.25) is 5.91 Å². The number of hydrazone groups is 1. The van der Waals surface area contributed by atoms with Gasteiger partial charge >= 0.3 is 0 Å². The maximum Gasteiger partial charge on any atom is 0.239 e. The van der Waals surface area contributed by atoms with Crippen molar-refractivity contribution in [3.63, 3.8) is 0 Å². The molecule has 0 aliphatic rings. The van der Waals surface area contributed by atoms with Gasteiger partial charge in [0.25, 0.3) is 0 Å². The van der Waals surface area contributed by atoms with Gasteiger partial charge in [0.1, 0.15) is 0 Å². The van der Waals surface area contributed by atoms with Crippen LogP contribution in [-0.4, -0.2) is 30.2 Å². The monoisotopic (exact) mass is 173 g/mol. The van der Waals surface area contributed by atoms with Crippen LogP contribution in [0.4, 0.5) is 0 Å². The third kappa shape index (κ3) is 9.10. The molecular weight excluding hydrogens is 154 g/mol. The summed E-state index contributed by atoms with van der Waals surface area (Å²) in [7, 11) is 1.58. The van der Waals surface area contributed by atoms with Gasteiger partial charge < -0.3 is 5.73 Å². The molecule has 0 aromatic carbocycles. The molecule has 0 aliphatic heterocycles. The molecule has 0 fully saturated rings. The number of carbonyl (C=O) groups excluding carboxylic acids is 1. The van der Waals surface area contributed by atoms with Gasteiger partial charge in [-0.1, -0.05) is 13.8 Å². The van der Waals surface area contributed by atoms with E-state index in [1.807, 2.05) is 13.8 Å². The molecule has 1 atom stereocenters. The minimum atomic E-state index is -0.109. The highest BCUT2D eigenvalue weighted by Gasteiger charge is 1.96. The van der Waals surface area contributed by atoms with Crippen LogP contribution < -0.4 is 5.73 Å². The van der Waals surface area contributed by atoms with Crippen LogP contribution >= 0.6 is 0 Å². The van der Waals surface area contributed by atoms with E-state index in [1.54, 1.807) is 14.0 Å². The van der Waals surface area contributed by atoms with E-state index in [2.05, 4.69) is 5.10 Å². The van der Waals surface area contributed by atoms with Gasteiger partial charge in [0.15, 0.2) is 0 Å². The average Bonchev–Trinajstić information content (AvgIpc) is 2.03. The fourth-order valence-electron chi connectivity index (χ4n) is 0.286. The van der Waals surface area contributed by atoms with E-state index >= 15 is 0 Å². The lowest BCUT2D eigenvalue weighted by molar-refractivity contribution is -0.127. The zero-order chi connectivity index (χ0) is 10.1. The number of nitrogens with zero attached hydrogens (tertiary/aromatic N) is 2. The zero-order valence-electron chi connectivity index (χ0n) is 8.53. The van der Waals surface area contributed by atoms with E-state index in [-0.39, 0.29) is 11.9 Å². The molecule has 0 aromatic heterocycles. The second-order valence-corrected chi connectivity index (χ2v) is 2.17. The molecule has 4 nitrogen and oxygen atoms in total. The molecule has 0 bridgehead atoms. The van der Waals surface area contributed by atoms with Crippen molar-refractivity contribution in [1.82, 2.24) is 5.01 Å². The van der Waals surface area contributed by atoms with Crippen molar-refractivity contribution in [3.8, 4) is 0 Å². The zero-order valence-corrected chi connectivity index (χ0v) is 8.53. The topological polar surface area (TPSA) is 58.7 Å². The number of nitrogens with two attached hydrogens (primary N) is 1. The Morgan fingerprint density at radius 1 is 1.58 bits per heavy atom. The second kappa shape index (κ2) is 8.20. The minimum Gasteiger partial charge on any atom is -0.323 e. The third-order valence-corrected chi connectivity index (χ3v) is 0.931. The normalized spacial score (nSPS) is 11.8. The molecule has 72 valence electrons. The Bertz CT molecular complexity index is 143. The second-order valence-electron chi connectivity index (χ2n) is 2.17. The summed E-state index contributed by atoms with van der Waals surface area (Å²) in [5.74, 6) is -0.100. The Morgan fingerprint density at radius 2 is 2.00 bits per heavy atom. The minimum absolute atomic E-state index is 0.100. The van der Waals surface area contributed by atoms with Crippen LogP contribution in [-0.2, 0) is 4.79 Å². The van der Waals surface area contributed by atoms with Crippen LogP contribution in [0.1, 0.15) is 27.7 Å². The summed E-state index contributed by atoms with van der Waals surface area (Å²) >= 11 is 0. The molecular formula is C8H19N3O. The van der Waals surface area contributed by atoms with Gasteiger partial charge in [-0.15, -0.1) is 0 Å². The van der Waals surface area contributed by atoms with E-state index in [0.29, 0.717) is 0 Å². The quantitative estimate of drug-likeness (QED) is 0.496. The molecule has 0 aromatic rings. The Kier molecular flexibility index (Phi) is 9.34. The van der Waals surface area contributed by atoms with Gasteiger partial charge in [0.05, 0.1) is 0 Å². The van der Waals surface area contributed by atoms with Crippen LogP contribution in [0.25, 0.3) is 0 Å². The summed E-state index contributed by atoms with van der Waals surface area (Å²) in [5.41, 5.74) is 5.35. The summed E-state index contributed by atoms with van der Waals surface area (Å²) in [6.07, 6.45) is 1.52. The van der Waals surface area contributed by atoms with E-state index < -0.39 is 0 Å². The van der Waals surface area contributed by atoms with Gasteiger partial charge in [-0.2, -0.15) is 5.10 Å². The van der Waals surface area contributed by atoms with Gasteiger partial charge in [0, 0.05) is 26.2 Å². The van der Waals surface area contributed by atoms with Gasteiger partial charge in [-0.05, 0) is 6.92 Å². The first-order valence-corrected chi connectivity index (χ1v) is 4.08. The number of hydrogen-bond acceptors (Lipinski definition) is 3. The molecule has 0 aliphatic carbocycles. The smallest absolute Gasteiger partial charge is 0.239 e. The molecule has 0 rings (SSSR count). The van der Waals surface area contributed by atoms with E-state index in [0.717, 1.165) is 0 Å². The Morgan fingerprint density at radius 3 is 2.25 bits per heavy atom. The number of carbonyl (C=O) groups is 1. The summed E-state index contributed by atoms with van der Waals surface area (Å²) in [5, 5.41) is 5.00. The van der Waals surface area contributed by atoms with Crippen molar-refractivity contribution in [2.24, 2.45) is 10.8 Å². The average molecular weight is 173 g/mol. The lowest BCUT2D eigenvalue weighted by atomic mass is 10.4. The van der Waals surface area contributed by atoms with Crippen molar-refractivity contribution >= 4 is 12.1 Å². The predicted molar refractivity (Wildman–Crippen MR) is 51.9 cm³/mol. The van der Waals surface area contributed by atoms with Crippen molar-refractivity contribution in [1.29, 1.82) is 0 Å². The number of amides is 1. The highest BCUT2D eigenvalue weighted by molar-refractivity contribution is 5.74. The standard InChI is InChI=1S/C6H13N3O.C2H6/c1-5(7)4-8-9(3)6(2)10;1-2/h4-5H,7H2,1-3H3;1-2H3/b8-4+;. The van der Waals surface area contributed by atoms with Crippen molar-refractivity contribution in [3.05, 3.63) is 0 Å². The van der Waals surface area contributed by atoms with Crippen molar-refractivity contribution < 1.29 is 4.79 Å². The van der Waals surface area contributed by atoms with Crippen LogP contribution in [0.3, 0.4) is 0 Å². The highest BCUT2D eigenvalue weighted by Crippen LogP contribution is 1.82. The number of hydrogen-bond donors (Lipinski definition) is 1. The van der Waals surface area contributed by atoms with Crippen LogP contribution in [0, 0.1) is 0 Å². The third-order valence-electron chi connectivity index (χ3n) is 0.931. The van der Waals surface area contributed by atoms with Gasteiger partial charge in [-0.3, -0.25) is 4.79 Å². The fraction of sp³-hybridized carbons (Fsp3) is 0.750. The largest absolute Gasteiger partial charge is 0.323 e. The first-order chi connectivity index (χ1) is 5.54. The molecule has 4 heteroatoms. The predicted octanol–water partition coefficient (Wildman–Crippen LogP) is 0.824. The summed E-state index contributed by atoms with van der Waals surface area (Å²) in [4.78, 5) is 10.5. The lowest BCUT2D eigenvalue weighted by Gasteiger charge is -2.06. The summed E-state index contributed by atoms with van der Waals surface area (Å²) in [6, 6.07) is -0.109. The molecule has 12 heavy (non-hydrogen) atoms. The molecule has 0 saturated heterocycles. The molecule has 0 spiro atoms. The Balaban J connectivity index is 0. The maximum absolute atomic E-state index is 10.5. The summed E-state index contributed by atoms with van der Waals surface area (Å²) < 4.78 is 0. The molecule has 0 saturated carbocycles. The van der Waals surface area contributed by atoms with Crippen molar-refractivity contribution in [2.45, 2.75) is 33.7 Å². The molecule has 2 N–H and O–H groups in total. The number of rotatable bonds is 2. The van der Waals surface area contributed by atoms with Crippen LogP contribution in [0.2, 0.25) is 0 Å². The lowest BCUT2D eigenvalue weighted by Crippen LogP contribution is -2.22. The highest BCUT2D eigenvalue weighted by atomic mass is 16.2. The fourth-order valence-corrected chi connectivity index (χ4v) is 0.286.